The van der Waals surface area contributed by atoms with E-state index in [9.17, 15) is 8.42 Å². The molecule has 0 N–H and O–H groups in total. The van der Waals surface area contributed by atoms with Crippen LogP contribution in [0, 0.1) is 17.2 Å². The first-order chi connectivity index (χ1) is 14.5. The van der Waals surface area contributed by atoms with Crippen molar-refractivity contribution >= 4 is 27.3 Å². The predicted octanol–water partition coefficient (Wildman–Crippen LogP) is 3.92. The minimum Gasteiger partial charge on any atom is -0.387 e. The molecule has 0 radical (unpaired) electrons. The molecule has 2 fully saturated rings. The quantitative estimate of drug-likeness (QED) is 0.497. The molecule has 1 aliphatic heterocycles. The van der Waals surface area contributed by atoms with Gasteiger partial charge in [-0.05, 0) is 42.7 Å². The second-order valence-corrected chi connectivity index (χ2v) is 9.80. The van der Waals surface area contributed by atoms with Crippen LogP contribution in [0.5, 0.6) is 0 Å². The van der Waals surface area contributed by atoms with Crippen molar-refractivity contribution in [2.45, 2.75) is 36.7 Å². The predicted molar refractivity (Wildman–Crippen MR) is 112 cm³/mol. The van der Waals surface area contributed by atoms with E-state index in [1.807, 2.05) is 18.2 Å². The fourth-order valence-corrected chi connectivity index (χ4v) is 4.97. The molecule has 9 heteroatoms. The Bertz CT molecular complexity index is 1080. The molecule has 1 saturated carbocycles. The first-order valence-corrected chi connectivity index (χ1v) is 11.6. The number of pyridine rings is 1. The van der Waals surface area contributed by atoms with Crippen LogP contribution in [0.25, 0.3) is 0 Å². The van der Waals surface area contributed by atoms with Gasteiger partial charge in [0.15, 0.2) is 6.10 Å². The third-order valence-electron chi connectivity index (χ3n) is 5.33. The van der Waals surface area contributed by atoms with Gasteiger partial charge in [-0.25, -0.2) is 13.4 Å². The van der Waals surface area contributed by atoms with E-state index >= 15 is 0 Å². The summed E-state index contributed by atoms with van der Waals surface area (Å²) in [6, 6.07) is 12.5. The van der Waals surface area contributed by atoms with Gasteiger partial charge in [-0.15, -0.1) is 0 Å². The molecule has 1 aliphatic carbocycles. The Balaban J connectivity index is 1.41. The van der Waals surface area contributed by atoms with E-state index in [2.05, 4.69) is 16.2 Å². The van der Waals surface area contributed by atoms with Gasteiger partial charge in [0.1, 0.15) is 10.0 Å². The Morgan fingerprint density at radius 3 is 2.63 bits per heavy atom. The molecule has 1 aromatic carbocycles. The smallest absolute Gasteiger partial charge is 0.244 e. The summed E-state index contributed by atoms with van der Waals surface area (Å²) in [6.45, 7) is 0.677. The third kappa shape index (κ3) is 4.64. The van der Waals surface area contributed by atoms with Crippen LogP contribution < -0.4 is 0 Å². The number of oxime groups is 1. The third-order valence-corrected chi connectivity index (χ3v) is 7.43. The van der Waals surface area contributed by atoms with Gasteiger partial charge in [0, 0.05) is 38.0 Å². The molecule has 1 atom stereocenters. The second-order valence-electron chi connectivity index (χ2n) is 7.48. The Labute approximate surface area is 181 Å². The minimum absolute atomic E-state index is 0.134. The Morgan fingerprint density at radius 1 is 1.23 bits per heavy atom. The summed E-state index contributed by atoms with van der Waals surface area (Å²) >= 11 is 5.75. The van der Waals surface area contributed by atoms with Crippen molar-refractivity contribution < 1.29 is 13.3 Å². The first-order valence-electron chi connectivity index (χ1n) is 9.81. The zero-order valence-corrected chi connectivity index (χ0v) is 17.8. The van der Waals surface area contributed by atoms with E-state index < -0.39 is 10.0 Å². The molecule has 4 rings (SSSR count). The van der Waals surface area contributed by atoms with Crippen LogP contribution in [0.15, 0.2) is 52.6 Å². The summed E-state index contributed by atoms with van der Waals surface area (Å²) in [5.41, 5.74) is 2.40. The maximum atomic E-state index is 12.8. The fraction of sp³-hybridized carbons (Fsp3) is 0.381. The van der Waals surface area contributed by atoms with Crippen LogP contribution in [-0.2, 0) is 14.9 Å². The maximum absolute atomic E-state index is 12.8. The zero-order valence-electron chi connectivity index (χ0n) is 16.2. The minimum atomic E-state index is -3.60. The second kappa shape index (κ2) is 8.72. The first kappa shape index (κ1) is 20.8. The van der Waals surface area contributed by atoms with Crippen LogP contribution in [0.2, 0.25) is 5.15 Å². The number of nitriles is 1. The molecule has 0 amide bonds. The van der Waals surface area contributed by atoms with Crippen molar-refractivity contribution in [1.82, 2.24) is 9.29 Å². The lowest BCUT2D eigenvalue weighted by atomic mass is 10.0. The van der Waals surface area contributed by atoms with Crippen molar-refractivity contribution in [3.05, 3.63) is 58.9 Å². The number of aromatic nitrogens is 1. The maximum Gasteiger partial charge on any atom is 0.244 e. The van der Waals surface area contributed by atoms with E-state index in [-0.39, 0.29) is 16.2 Å². The summed E-state index contributed by atoms with van der Waals surface area (Å²) in [6.07, 6.45) is 4.28. The molecule has 0 bridgehead atoms. The molecule has 2 aliphatic rings. The SMILES string of the molecule is N#Cc1cccc(C(ON=C2CCN(S(=O)(=O)c3ccc(Cl)nc3)CC2)C2CC2)c1. The highest BCUT2D eigenvalue weighted by atomic mass is 35.5. The van der Waals surface area contributed by atoms with Gasteiger partial charge in [-0.3, -0.25) is 0 Å². The normalized spacial score (nSPS) is 18.5. The average molecular weight is 445 g/mol. The summed E-state index contributed by atoms with van der Waals surface area (Å²) in [5, 5.41) is 13.7. The number of hydrogen-bond donors (Lipinski definition) is 0. The van der Waals surface area contributed by atoms with Crippen LogP contribution in [-0.4, -0.2) is 36.5 Å². The van der Waals surface area contributed by atoms with Gasteiger partial charge in [-0.1, -0.05) is 28.9 Å². The summed E-state index contributed by atoms with van der Waals surface area (Å²) in [4.78, 5) is 9.89. The fourth-order valence-electron chi connectivity index (χ4n) is 3.47. The monoisotopic (exact) mass is 444 g/mol. The lowest BCUT2D eigenvalue weighted by Gasteiger charge is -2.27. The lowest BCUT2D eigenvalue weighted by Crippen LogP contribution is -2.38. The van der Waals surface area contributed by atoms with Crippen molar-refractivity contribution in [2.24, 2.45) is 11.1 Å². The van der Waals surface area contributed by atoms with Crippen molar-refractivity contribution in [1.29, 1.82) is 5.26 Å². The van der Waals surface area contributed by atoms with Gasteiger partial charge in [0.25, 0.3) is 0 Å². The molecular weight excluding hydrogens is 424 g/mol. The molecule has 1 aromatic heterocycles. The average Bonchev–Trinajstić information content (AvgIpc) is 3.60. The summed E-state index contributed by atoms with van der Waals surface area (Å²) in [5.74, 6) is 0.404. The van der Waals surface area contributed by atoms with Crippen LogP contribution in [0.4, 0.5) is 0 Å². The molecule has 1 saturated heterocycles. The zero-order chi connectivity index (χ0) is 21.1. The van der Waals surface area contributed by atoms with Gasteiger partial charge < -0.3 is 4.84 Å². The molecule has 156 valence electrons. The highest BCUT2D eigenvalue weighted by Crippen LogP contribution is 2.43. The van der Waals surface area contributed by atoms with Gasteiger partial charge in [0.05, 0.1) is 17.3 Å². The summed E-state index contributed by atoms with van der Waals surface area (Å²) in [7, 11) is -3.60. The number of benzene rings is 1. The van der Waals surface area contributed by atoms with Crippen molar-refractivity contribution in [3.63, 3.8) is 0 Å². The summed E-state index contributed by atoms with van der Waals surface area (Å²) < 4.78 is 27.0. The molecule has 1 unspecified atom stereocenters. The number of halogens is 1. The standard InChI is InChI=1S/C21H21ClN4O3S/c22-20-7-6-19(14-24-20)30(27,28)26-10-8-18(9-11-26)25-29-21(16-4-5-16)17-3-1-2-15(12-17)13-23/h1-3,6-7,12,14,16,21H,4-5,8-11H2. The van der Waals surface area contributed by atoms with Crippen LogP contribution in [0.3, 0.4) is 0 Å². The van der Waals surface area contributed by atoms with E-state index in [1.165, 1.54) is 22.6 Å². The van der Waals surface area contributed by atoms with Crippen LogP contribution >= 0.6 is 11.6 Å². The highest BCUT2D eigenvalue weighted by Gasteiger charge is 2.35. The topological polar surface area (TPSA) is 95.6 Å². The van der Waals surface area contributed by atoms with Gasteiger partial charge in [0.2, 0.25) is 10.0 Å². The molecule has 7 nitrogen and oxygen atoms in total. The Morgan fingerprint density at radius 2 is 2.00 bits per heavy atom. The molecule has 2 heterocycles. The van der Waals surface area contributed by atoms with E-state index in [0.717, 1.165) is 24.1 Å². The van der Waals surface area contributed by atoms with Gasteiger partial charge in [-0.2, -0.15) is 9.57 Å². The van der Waals surface area contributed by atoms with Crippen molar-refractivity contribution in [3.8, 4) is 6.07 Å². The number of rotatable bonds is 6. The lowest BCUT2D eigenvalue weighted by molar-refractivity contribution is 0.0409. The molecule has 2 aromatic rings. The van der Waals surface area contributed by atoms with Gasteiger partial charge >= 0.3 is 0 Å². The Kier molecular flexibility index (Phi) is 6.04. The highest BCUT2D eigenvalue weighted by molar-refractivity contribution is 7.89. The molecule has 0 spiro atoms. The van der Waals surface area contributed by atoms with Crippen molar-refractivity contribution in [2.75, 3.05) is 13.1 Å². The molecule has 30 heavy (non-hydrogen) atoms. The van der Waals surface area contributed by atoms with E-state index in [4.69, 9.17) is 21.7 Å². The number of sulfonamides is 1. The number of nitrogens with zero attached hydrogens (tertiary/aromatic N) is 4. The number of hydrogen-bond acceptors (Lipinski definition) is 6. The molecular formula is C21H21ClN4O3S. The van der Waals surface area contributed by atoms with E-state index in [0.29, 0.717) is 37.4 Å². The van der Waals surface area contributed by atoms with E-state index in [1.54, 1.807) is 6.07 Å². The largest absolute Gasteiger partial charge is 0.387 e. The Hall–Kier alpha value is -2.47. The van der Waals surface area contributed by atoms with Crippen LogP contribution in [0.1, 0.15) is 42.9 Å². The number of piperidine rings is 1.